The Hall–Kier alpha value is -1.10. The van der Waals surface area contributed by atoms with Crippen LogP contribution in [0.2, 0.25) is 0 Å². The minimum Gasteiger partial charge on any atom is -0.463 e. The molecule has 0 fully saturated rings. The third-order valence-corrected chi connectivity index (χ3v) is 9.27. The lowest BCUT2D eigenvalue weighted by molar-refractivity contribution is -0.152. The number of rotatable bonds is 37. The van der Waals surface area contributed by atoms with Crippen molar-refractivity contribution in [3.05, 3.63) is 0 Å². The fraction of sp³-hybridized carbons (Fsp3) is 0.951. The third kappa shape index (κ3) is 37.4. The number of carbonyl (C=O) groups excluding carboxylic acids is 2. The van der Waals surface area contributed by atoms with E-state index in [1.165, 1.54) is 167 Å². The zero-order valence-electron chi connectivity index (χ0n) is 31.3. The molecule has 274 valence electrons. The molecule has 1 atom stereocenters. The topological polar surface area (TPSA) is 72.8 Å². The maximum atomic E-state index is 12.0. The van der Waals surface area contributed by atoms with Gasteiger partial charge in [-0.1, -0.05) is 201 Å². The van der Waals surface area contributed by atoms with Crippen molar-refractivity contribution in [1.29, 1.82) is 0 Å². The van der Waals surface area contributed by atoms with Gasteiger partial charge < -0.3 is 14.6 Å². The molecule has 0 amide bonds. The van der Waals surface area contributed by atoms with Gasteiger partial charge in [0.2, 0.25) is 0 Å². The number of ether oxygens (including phenoxy) is 2. The highest BCUT2D eigenvalue weighted by Gasteiger charge is 2.12. The molecule has 0 bridgehead atoms. The zero-order chi connectivity index (χ0) is 33.8. The van der Waals surface area contributed by atoms with Gasteiger partial charge in [0.15, 0.2) is 0 Å². The van der Waals surface area contributed by atoms with Crippen LogP contribution in [0.3, 0.4) is 0 Å². The summed E-state index contributed by atoms with van der Waals surface area (Å²) in [6, 6.07) is 0. The van der Waals surface area contributed by atoms with Crippen LogP contribution in [0.15, 0.2) is 0 Å². The Morgan fingerprint density at radius 2 is 0.696 bits per heavy atom. The highest BCUT2D eigenvalue weighted by molar-refractivity contribution is 5.69. The summed E-state index contributed by atoms with van der Waals surface area (Å²) in [5.74, 6) is 0.302. The summed E-state index contributed by atoms with van der Waals surface area (Å²) in [6.45, 7) is 6.69. The Balaban J connectivity index is 3.37. The molecule has 0 aliphatic carbocycles. The zero-order valence-corrected chi connectivity index (χ0v) is 31.3. The Bertz CT molecular complexity index is 634. The van der Waals surface area contributed by atoms with Crippen LogP contribution in [0, 0.1) is 5.92 Å². The lowest BCUT2D eigenvalue weighted by Crippen LogP contribution is -2.25. The molecule has 46 heavy (non-hydrogen) atoms. The Kier molecular flexibility index (Phi) is 35.9. The maximum absolute atomic E-state index is 12.0. The van der Waals surface area contributed by atoms with E-state index in [4.69, 9.17) is 9.47 Å². The van der Waals surface area contributed by atoms with Gasteiger partial charge in [0.25, 0.3) is 0 Å². The molecule has 0 saturated carbocycles. The minimum absolute atomic E-state index is 0.108. The third-order valence-electron chi connectivity index (χ3n) is 9.27. The molecule has 5 heteroatoms. The summed E-state index contributed by atoms with van der Waals surface area (Å²) in [4.78, 5) is 23.9. The SMILES string of the molecule is CCCCCCCCCCCCCCCCCC(=O)OC[C@H](O)COC(=O)CCCCCCCCCCCCCCCCC(C)C. The van der Waals surface area contributed by atoms with Crippen molar-refractivity contribution in [2.75, 3.05) is 13.2 Å². The first-order chi connectivity index (χ1) is 22.5. The molecule has 0 aliphatic heterocycles. The van der Waals surface area contributed by atoms with Crippen molar-refractivity contribution < 1.29 is 24.2 Å². The average molecular weight is 653 g/mol. The lowest BCUT2D eigenvalue weighted by Gasteiger charge is -2.12. The van der Waals surface area contributed by atoms with Crippen LogP contribution < -0.4 is 0 Å². The highest BCUT2D eigenvalue weighted by Crippen LogP contribution is 2.16. The van der Waals surface area contributed by atoms with E-state index in [9.17, 15) is 14.7 Å². The number of carbonyl (C=O) groups is 2. The van der Waals surface area contributed by atoms with E-state index >= 15 is 0 Å². The number of hydrogen-bond donors (Lipinski definition) is 1. The van der Waals surface area contributed by atoms with Gasteiger partial charge in [-0.15, -0.1) is 0 Å². The molecule has 0 saturated heterocycles. The van der Waals surface area contributed by atoms with E-state index < -0.39 is 6.10 Å². The minimum atomic E-state index is -0.955. The van der Waals surface area contributed by atoms with Crippen LogP contribution in [0.1, 0.15) is 226 Å². The lowest BCUT2D eigenvalue weighted by atomic mass is 10.0. The second-order valence-electron chi connectivity index (χ2n) is 14.6. The van der Waals surface area contributed by atoms with Crippen molar-refractivity contribution in [2.45, 2.75) is 232 Å². The normalized spacial score (nSPS) is 12.1. The molecular formula is C41H80O5. The van der Waals surface area contributed by atoms with Gasteiger partial charge in [-0.25, -0.2) is 0 Å². The molecule has 1 N–H and O–H groups in total. The first kappa shape index (κ1) is 44.9. The summed E-state index contributed by atoms with van der Waals surface area (Å²) in [7, 11) is 0. The molecule has 0 aromatic carbocycles. The van der Waals surface area contributed by atoms with Gasteiger partial charge in [0.05, 0.1) is 0 Å². The first-order valence-corrected chi connectivity index (χ1v) is 20.4. The van der Waals surface area contributed by atoms with Crippen LogP contribution in [-0.4, -0.2) is 36.4 Å². The van der Waals surface area contributed by atoms with Crippen molar-refractivity contribution >= 4 is 11.9 Å². The number of esters is 2. The molecule has 0 rings (SSSR count). The smallest absolute Gasteiger partial charge is 0.305 e. The number of aliphatic hydroxyl groups is 1. The molecule has 0 spiro atoms. The summed E-state index contributed by atoms with van der Waals surface area (Å²) < 4.78 is 10.3. The van der Waals surface area contributed by atoms with Gasteiger partial charge in [0, 0.05) is 12.8 Å². The van der Waals surface area contributed by atoms with E-state index in [-0.39, 0.29) is 25.2 Å². The molecule has 0 radical (unpaired) electrons. The molecule has 0 heterocycles. The van der Waals surface area contributed by atoms with Crippen molar-refractivity contribution in [2.24, 2.45) is 5.92 Å². The van der Waals surface area contributed by atoms with Gasteiger partial charge in [0.1, 0.15) is 19.3 Å². The summed E-state index contributed by atoms with van der Waals surface area (Å²) in [5.41, 5.74) is 0. The van der Waals surface area contributed by atoms with E-state index in [0.717, 1.165) is 31.6 Å². The van der Waals surface area contributed by atoms with Crippen molar-refractivity contribution in [1.82, 2.24) is 0 Å². The van der Waals surface area contributed by atoms with E-state index in [2.05, 4.69) is 20.8 Å². The molecule has 0 aromatic rings. The molecule has 0 aliphatic rings. The van der Waals surface area contributed by atoms with Crippen LogP contribution in [-0.2, 0) is 19.1 Å². The van der Waals surface area contributed by atoms with Gasteiger partial charge in [-0.2, -0.15) is 0 Å². The average Bonchev–Trinajstić information content (AvgIpc) is 3.04. The maximum Gasteiger partial charge on any atom is 0.305 e. The first-order valence-electron chi connectivity index (χ1n) is 20.4. The Labute approximate surface area is 287 Å². The van der Waals surface area contributed by atoms with E-state index in [0.29, 0.717) is 12.8 Å². The quantitative estimate of drug-likeness (QED) is 0.0534. The van der Waals surface area contributed by atoms with Crippen LogP contribution in [0.25, 0.3) is 0 Å². The summed E-state index contributed by atoms with van der Waals surface area (Å²) in [5, 5.41) is 10.0. The second-order valence-corrected chi connectivity index (χ2v) is 14.6. The number of unbranched alkanes of at least 4 members (excludes halogenated alkanes) is 27. The number of hydrogen-bond acceptors (Lipinski definition) is 5. The fourth-order valence-corrected chi connectivity index (χ4v) is 6.15. The van der Waals surface area contributed by atoms with Crippen LogP contribution >= 0.6 is 0 Å². The number of aliphatic hydroxyl groups excluding tert-OH is 1. The second kappa shape index (κ2) is 36.7. The molecule has 5 nitrogen and oxygen atoms in total. The van der Waals surface area contributed by atoms with Gasteiger partial charge >= 0.3 is 11.9 Å². The standard InChI is InChI=1S/C41H80O5/c1-4-5-6-7-8-9-10-11-12-16-19-22-25-28-31-34-40(43)45-36-39(42)37-46-41(44)35-32-29-26-23-20-17-14-13-15-18-21-24-27-30-33-38(2)3/h38-39,42H,4-37H2,1-3H3/t39-/m0/s1. The van der Waals surface area contributed by atoms with Crippen molar-refractivity contribution in [3.63, 3.8) is 0 Å². The predicted octanol–water partition coefficient (Wildman–Crippen LogP) is 12.6. The molecule has 0 unspecified atom stereocenters. The van der Waals surface area contributed by atoms with E-state index in [1.807, 2.05) is 0 Å². The van der Waals surface area contributed by atoms with E-state index in [1.54, 1.807) is 0 Å². The molecule has 0 aromatic heterocycles. The summed E-state index contributed by atoms with van der Waals surface area (Å²) in [6.07, 6.45) is 38.7. The van der Waals surface area contributed by atoms with Gasteiger partial charge in [-0.05, 0) is 18.8 Å². The highest BCUT2D eigenvalue weighted by atomic mass is 16.6. The summed E-state index contributed by atoms with van der Waals surface area (Å²) >= 11 is 0. The van der Waals surface area contributed by atoms with Crippen molar-refractivity contribution in [3.8, 4) is 0 Å². The van der Waals surface area contributed by atoms with Crippen LogP contribution in [0.4, 0.5) is 0 Å². The Morgan fingerprint density at radius 3 is 0.978 bits per heavy atom. The molecular weight excluding hydrogens is 572 g/mol. The fourth-order valence-electron chi connectivity index (χ4n) is 6.15. The Morgan fingerprint density at radius 1 is 0.435 bits per heavy atom. The largest absolute Gasteiger partial charge is 0.463 e. The van der Waals surface area contributed by atoms with Crippen LogP contribution in [0.5, 0.6) is 0 Å². The predicted molar refractivity (Wildman–Crippen MR) is 196 cm³/mol. The monoisotopic (exact) mass is 653 g/mol. The van der Waals surface area contributed by atoms with Gasteiger partial charge in [-0.3, -0.25) is 9.59 Å².